The van der Waals surface area contributed by atoms with Gasteiger partial charge in [-0.05, 0) is 69.6 Å². The van der Waals surface area contributed by atoms with Gasteiger partial charge in [0, 0.05) is 30.7 Å². The first-order valence-electron chi connectivity index (χ1n) is 14.2. The van der Waals surface area contributed by atoms with Gasteiger partial charge in [-0.3, -0.25) is 4.79 Å². The third kappa shape index (κ3) is 8.18. The summed E-state index contributed by atoms with van der Waals surface area (Å²) in [7, 11) is 0. The van der Waals surface area contributed by atoms with Gasteiger partial charge in [-0.15, -0.1) is 0 Å². The Morgan fingerprint density at radius 1 is 1.00 bits per heavy atom. The lowest BCUT2D eigenvalue weighted by Crippen LogP contribution is -2.47. The summed E-state index contributed by atoms with van der Waals surface area (Å²) in [5.74, 6) is 2.51. The number of carboxylic acid groups (broad SMARTS) is 2. The summed E-state index contributed by atoms with van der Waals surface area (Å²) in [4.78, 5) is 28.8. The van der Waals surface area contributed by atoms with E-state index in [1.807, 2.05) is 25.1 Å². The van der Waals surface area contributed by atoms with Gasteiger partial charge in [0.15, 0.2) is 0 Å². The van der Waals surface area contributed by atoms with Crippen molar-refractivity contribution < 1.29 is 29.0 Å². The summed E-state index contributed by atoms with van der Waals surface area (Å²) in [6.45, 7) is 5.89. The summed E-state index contributed by atoms with van der Waals surface area (Å²) >= 11 is 0. The number of rotatable bonds is 9. The normalized spacial score (nSPS) is 18.8. The highest BCUT2D eigenvalue weighted by Gasteiger charge is 2.35. The van der Waals surface area contributed by atoms with E-state index in [9.17, 15) is 4.79 Å². The molecule has 0 radical (unpaired) electrons. The van der Waals surface area contributed by atoms with Crippen LogP contribution in [0.3, 0.4) is 0 Å². The lowest BCUT2D eigenvalue weighted by atomic mass is 9.81. The van der Waals surface area contributed by atoms with Crippen LogP contribution in [0.2, 0.25) is 0 Å². The molecule has 0 saturated heterocycles. The fraction of sp³-hybridized carbons (Fsp3) is 0.469. The summed E-state index contributed by atoms with van der Waals surface area (Å²) in [6, 6.07) is 18.9. The Hall–Kier alpha value is -3.65. The maximum Gasteiger partial charge on any atom is 0.503 e. The number of ether oxygens (including phenoxy) is 1. The average Bonchev–Trinajstić information content (AvgIpc) is 3.27. The first kappa shape index (κ1) is 29.3. The monoisotopic (exact) mass is 548 g/mol. The minimum Gasteiger partial charge on any atom is -0.450 e. The molecule has 2 N–H and O–H groups in total. The number of oxazole rings is 1. The molecule has 2 atom stereocenters. The van der Waals surface area contributed by atoms with Crippen LogP contribution < -0.4 is 0 Å². The molecule has 1 heterocycles. The largest absolute Gasteiger partial charge is 0.503 e. The topological polar surface area (TPSA) is 113 Å². The van der Waals surface area contributed by atoms with Crippen molar-refractivity contribution in [3.63, 3.8) is 0 Å². The quantitative estimate of drug-likeness (QED) is 0.294. The molecule has 40 heavy (non-hydrogen) atoms. The van der Waals surface area contributed by atoms with Crippen LogP contribution in [0, 0.1) is 25.7 Å². The standard InChI is InChI=1S/C31H38N2O3.CH2O3/c1-22-9-6-15-27(17-22)30-32-29(23(2)36-30)21-35-20-25-12-7-16-28(18-25)33(31(34)26-13-8-14-26)19-24-10-4-3-5-11-24;2-1(3)4/h3-6,9-11,15,17,25-26,28H,7-8,12-14,16,18-21H2,1-2H3;(H2,2,3,4). The molecule has 2 aliphatic rings. The number of nitrogens with zero attached hydrogens (tertiary/aromatic N) is 2. The molecule has 8 heteroatoms. The van der Waals surface area contributed by atoms with Gasteiger partial charge in [0.05, 0.1) is 6.61 Å². The van der Waals surface area contributed by atoms with Crippen LogP contribution in [-0.4, -0.2) is 44.8 Å². The Morgan fingerprint density at radius 3 is 2.40 bits per heavy atom. The molecule has 214 valence electrons. The lowest BCUT2D eigenvalue weighted by Gasteiger charge is -2.41. The molecule has 5 rings (SSSR count). The van der Waals surface area contributed by atoms with E-state index in [2.05, 4.69) is 48.2 Å². The number of aryl methyl sites for hydroxylation is 2. The van der Waals surface area contributed by atoms with Crippen LogP contribution in [0.15, 0.2) is 59.0 Å². The highest BCUT2D eigenvalue weighted by atomic mass is 16.6. The van der Waals surface area contributed by atoms with Crippen LogP contribution in [0.4, 0.5) is 4.79 Å². The zero-order valence-corrected chi connectivity index (χ0v) is 23.4. The molecule has 1 aromatic heterocycles. The van der Waals surface area contributed by atoms with Crippen LogP contribution >= 0.6 is 0 Å². The van der Waals surface area contributed by atoms with Crippen molar-refractivity contribution in [1.82, 2.24) is 9.88 Å². The van der Waals surface area contributed by atoms with Gasteiger partial charge in [0.1, 0.15) is 11.5 Å². The number of carbonyl (C=O) groups excluding carboxylic acids is 1. The Bertz CT molecular complexity index is 1250. The van der Waals surface area contributed by atoms with Crippen molar-refractivity contribution in [3.05, 3.63) is 77.2 Å². The van der Waals surface area contributed by atoms with Crippen molar-refractivity contribution in [2.24, 2.45) is 11.8 Å². The molecule has 8 nitrogen and oxygen atoms in total. The second-order valence-corrected chi connectivity index (χ2v) is 11.0. The molecule has 3 aromatic rings. The number of benzene rings is 2. The van der Waals surface area contributed by atoms with E-state index in [0.717, 1.165) is 55.5 Å². The van der Waals surface area contributed by atoms with Crippen molar-refractivity contribution in [3.8, 4) is 11.5 Å². The zero-order valence-electron chi connectivity index (χ0n) is 23.4. The first-order valence-corrected chi connectivity index (χ1v) is 14.2. The summed E-state index contributed by atoms with van der Waals surface area (Å²) in [5.41, 5.74) is 4.26. The van der Waals surface area contributed by atoms with Crippen molar-refractivity contribution in [2.75, 3.05) is 6.61 Å². The fourth-order valence-electron chi connectivity index (χ4n) is 5.54. The second kappa shape index (κ2) is 14.1. The molecule has 2 fully saturated rings. The summed E-state index contributed by atoms with van der Waals surface area (Å²) in [6.07, 6.45) is 5.84. The molecule has 0 bridgehead atoms. The zero-order chi connectivity index (χ0) is 28.5. The molecule has 0 spiro atoms. The van der Waals surface area contributed by atoms with Gasteiger partial charge in [-0.1, -0.05) is 60.9 Å². The van der Waals surface area contributed by atoms with E-state index in [-0.39, 0.29) is 5.92 Å². The molecule has 2 aromatic carbocycles. The first-order chi connectivity index (χ1) is 19.3. The van der Waals surface area contributed by atoms with E-state index in [1.165, 1.54) is 17.5 Å². The maximum absolute atomic E-state index is 13.4. The highest BCUT2D eigenvalue weighted by Crippen LogP contribution is 2.34. The third-order valence-electron chi connectivity index (χ3n) is 7.88. The maximum atomic E-state index is 13.4. The number of aromatic nitrogens is 1. The van der Waals surface area contributed by atoms with Gasteiger partial charge < -0.3 is 24.3 Å². The minimum absolute atomic E-state index is 0.225. The SMILES string of the molecule is Cc1cccc(-c2nc(COCC3CCCC(N(Cc4ccccc4)C(=O)C4CCC4)C3)c(C)o2)c1.O=C(O)O. The van der Waals surface area contributed by atoms with Gasteiger partial charge in [-0.25, -0.2) is 9.78 Å². The highest BCUT2D eigenvalue weighted by molar-refractivity contribution is 5.80. The van der Waals surface area contributed by atoms with Gasteiger partial charge in [0.25, 0.3) is 0 Å². The Morgan fingerprint density at radius 2 is 1.73 bits per heavy atom. The number of hydrogen-bond acceptors (Lipinski definition) is 5. The van der Waals surface area contributed by atoms with Crippen molar-refractivity contribution >= 4 is 12.1 Å². The average molecular weight is 549 g/mol. The molecule has 2 aliphatic carbocycles. The molecular weight excluding hydrogens is 508 g/mol. The van der Waals surface area contributed by atoms with E-state index in [1.54, 1.807) is 0 Å². The van der Waals surface area contributed by atoms with Gasteiger partial charge >= 0.3 is 6.16 Å². The molecular formula is C32H40N2O6. The van der Waals surface area contributed by atoms with Crippen LogP contribution in [0.1, 0.15) is 67.5 Å². The molecule has 1 amide bonds. The second-order valence-electron chi connectivity index (χ2n) is 11.0. The minimum atomic E-state index is -1.83. The predicted octanol–water partition coefficient (Wildman–Crippen LogP) is 7.09. The van der Waals surface area contributed by atoms with E-state index in [4.69, 9.17) is 29.1 Å². The Balaban J connectivity index is 0.000000867. The summed E-state index contributed by atoms with van der Waals surface area (Å²) in [5, 5.41) is 13.9. The Labute approximate surface area is 236 Å². The van der Waals surface area contributed by atoms with E-state index < -0.39 is 6.16 Å². The van der Waals surface area contributed by atoms with Crippen molar-refractivity contribution in [2.45, 2.75) is 78.0 Å². The smallest absolute Gasteiger partial charge is 0.450 e. The van der Waals surface area contributed by atoms with Gasteiger partial charge in [-0.2, -0.15) is 0 Å². The molecule has 2 unspecified atom stereocenters. The van der Waals surface area contributed by atoms with Gasteiger partial charge in [0.2, 0.25) is 11.8 Å². The molecule has 2 saturated carbocycles. The van der Waals surface area contributed by atoms with Crippen molar-refractivity contribution in [1.29, 1.82) is 0 Å². The van der Waals surface area contributed by atoms with E-state index in [0.29, 0.717) is 43.5 Å². The van der Waals surface area contributed by atoms with E-state index >= 15 is 0 Å². The Kier molecular flexibility index (Phi) is 10.4. The number of hydrogen-bond donors (Lipinski definition) is 2. The lowest BCUT2D eigenvalue weighted by molar-refractivity contribution is -0.142. The van der Waals surface area contributed by atoms with Crippen LogP contribution in [0.25, 0.3) is 11.5 Å². The van der Waals surface area contributed by atoms with Crippen LogP contribution in [-0.2, 0) is 22.7 Å². The number of carbonyl (C=O) groups is 2. The van der Waals surface area contributed by atoms with Crippen LogP contribution in [0.5, 0.6) is 0 Å². The summed E-state index contributed by atoms with van der Waals surface area (Å²) < 4.78 is 12.1. The molecule has 0 aliphatic heterocycles. The number of amides is 1. The predicted molar refractivity (Wildman–Crippen MR) is 152 cm³/mol. The third-order valence-corrected chi connectivity index (χ3v) is 7.88. The fourth-order valence-corrected chi connectivity index (χ4v) is 5.54.